The number of ether oxygens (including phenoxy) is 1. The number of nitrogens with one attached hydrogen (secondary N) is 1. The van der Waals surface area contributed by atoms with Gasteiger partial charge in [-0.1, -0.05) is 24.3 Å². The molecule has 138 valence electrons. The Balaban J connectivity index is 1.64. The third-order valence-corrected chi connectivity index (χ3v) is 4.72. The number of aliphatic hydroxyl groups is 1. The maximum Gasteiger partial charge on any atom is 0.356 e. The van der Waals surface area contributed by atoms with Crippen molar-refractivity contribution in [1.82, 2.24) is 19.9 Å². The maximum absolute atomic E-state index is 12.7. The highest BCUT2D eigenvalue weighted by Gasteiger charge is 2.32. The minimum atomic E-state index is -0.686. The molecular weight excluding hydrogens is 348 g/mol. The summed E-state index contributed by atoms with van der Waals surface area (Å²) in [5, 5.41) is 17.4. The molecule has 0 saturated heterocycles. The van der Waals surface area contributed by atoms with Crippen LogP contribution in [-0.4, -0.2) is 44.8 Å². The number of rotatable bonds is 3. The summed E-state index contributed by atoms with van der Waals surface area (Å²) in [7, 11) is 1.28. The van der Waals surface area contributed by atoms with Gasteiger partial charge >= 0.3 is 5.97 Å². The van der Waals surface area contributed by atoms with Crippen molar-refractivity contribution in [2.75, 3.05) is 7.11 Å². The third kappa shape index (κ3) is 2.93. The number of methoxy groups -OCH3 is 1. The minimum absolute atomic E-state index is 0.148. The fourth-order valence-corrected chi connectivity index (χ4v) is 3.41. The topological polar surface area (TPSA) is 106 Å². The van der Waals surface area contributed by atoms with Gasteiger partial charge in [0, 0.05) is 18.2 Å². The van der Waals surface area contributed by atoms with Crippen LogP contribution in [0.5, 0.6) is 0 Å². The van der Waals surface area contributed by atoms with Crippen LogP contribution >= 0.6 is 0 Å². The number of carbonyl (C=O) groups excluding carboxylic acids is 2. The van der Waals surface area contributed by atoms with E-state index < -0.39 is 24.0 Å². The fourth-order valence-electron chi connectivity index (χ4n) is 3.41. The van der Waals surface area contributed by atoms with E-state index in [1.54, 1.807) is 13.0 Å². The van der Waals surface area contributed by atoms with Crippen LogP contribution in [0.4, 0.5) is 0 Å². The molecule has 1 aromatic carbocycles. The summed E-state index contributed by atoms with van der Waals surface area (Å²) in [5.41, 5.74) is 3.24. The number of benzene rings is 1. The lowest BCUT2D eigenvalue weighted by molar-refractivity contribution is 0.0594. The van der Waals surface area contributed by atoms with Crippen LogP contribution in [0, 0.1) is 6.92 Å². The Morgan fingerprint density at radius 1 is 1.26 bits per heavy atom. The molecule has 0 saturated carbocycles. The Morgan fingerprint density at radius 3 is 2.81 bits per heavy atom. The summed E-state index contributed by atoms with van der Waals surface area (Å²) < 4.78 is 6.18. The second-order valence-electron chi connectivity index (χ2n) is 6.50. The van der Waals surface area contributed by atoms with Gasteiger partial charge in [-0.2, -0.15) is 5.10 Å². The highest BCUT2D eigenvalue weighted by atomic mass is 16.5. The zero-order valence-corrected chi connectivity index (χ0v) is 14.8. The number of aliphatic hydroxyl groups excluding tert-OH is 1. The molecule has 2 aromatic heterocycles. The Morgan fingerprint density at radius 2 is 2.04 bits per heavy atom. The summed E-state index contributed by atoms with van der Waals surface area (Å²) in [4.78, 5) is 28.6. The Hall–Kier alpha value is -3.26. The number of hydrogen-bond donors (Lipinski definition) is 2. The van der Waals surface area contributed by atoms with Gasteiger partial charge in [0.2, 0.25) is 0 Å². The Kier molecular flexibility index (Phi) is 4.12. The summed E-state index contributed by atoms with van der Waals surface area (Å²) >= 11 is 0. The Labute approximate surface area is 154 Å². The summed E-state index contributed by atoms with van der Waals surface area (Å²) in [6, 6.07) is 10.2. The van der Waals surface area contributed by atoms with Gasteiger partial charge in [-0.25, -0.2) is 14.3 Å². The molecule has 0 fully saturated rings. The molecule has 1 aliphatic carbocycles. The van der Waals surface area contributed by atoms with Crippen molar-refractivity contribution in [3.05, 3.63) is 64.6 Å². The Bertz CT molecular complexity index is 1060. The van der Waals surface area contributed by atoms with E-state index in [0.717, 1.165) is 11.1 Å². The van der Waals surface area contributed by atoms with Crippen molar-refractivity contribution in [2.45, 2.75) is 25.5 Å². The monoisotopic (exact) mass is 366 g/mol. The number of hydrogen-bond acceptors (Lipinski definition) is 6. The average molecular weight is 366 g/mol. The average Bonchev–Trinajstić information content (AvgIpc) is 3.23. The van der Waals surface area contributed by atoms with Crippen molar-refractivity contribution in [2.24, 2.45) is 0 Å². The van der Waals surface area contributed by atoms with E-state index >= 15 is 0 Å². The molecule has 0 aliphatic heterocycles. The molecule has 1 aliphatic rings. The molecule has 3 aromatic rings. The van der Waals surface area contributed by atoms with Gasteiger partial charge in [0.15, 0.2) is 17.0 Å². The predicted molar refractivity (Wildman–Crippen MR) is 95.4 cm³/mol. The second-order valence-corrected chi connectivity index (χ2v) is 6.50. The first-order valence-corrected chi connectivity index (χ1v) is 8.50. The molecule has 2 N–H and O–H groups in total. The molecule has 0 bridgehead atoms. The van der Waals surface area contributed by atoms with Gasteiger partial charge in [-0.15, -0.1) is 0 Å². The van der Waals surface area contributed by atoms with E-state index in [0.29, 0.717) is 17.8 Å². The van der Waals surface area contributed by atoms with Gasteiger partial charge in [0.05, 0.1) is 19.3 Å². The smallest absolute Gasteiger partial charge is 0.356 e. The molecule has 4 rings (SSSR count). The minimum Gasteiger partial charge on any atom is -0.464 e. The number of fused-ring (bicyclic) bond motifs is 2. The summed E-state index contributed by atoms with van der Waals surface area (Å²) in [6.45, 7) is 1.76. The lowest BCUT2D eigenvalue weighted by atomic mass is 10.1. The van der Waals surface area contributed by atoms with E-state index in [1.807, 2.05) is 24.3 Å². The quantitative estimate of drug-likeness (QED) is 0.675. The molecular formula is C19H18N4O4. The SMILES string of the molecule is COC(=O)c1cc(C)n2nc(C(=O)NC3c4ccccc4CC3O)cc2n1. The van der Waals surface area contributed by atoms with E-state index in [2.05, 4.69) is 15.4 Å². The van der Waals surface area contributed by atoms with Gasteiger partial charge < -0.3 is 15.2 Å². The molecule has 0 radical (unpaired) electrons. The van der Waals surface area contributed by atoms with Crippen LogP contribution in [-0.2, 0) is 11.2 Å². The third-order valence-electron chi connectivity index (χ3n) is 4.72. The molecule has 0 spiro atoms. The van der Waals surface area contributed by atoms with Crippen LogP contribution in [0.3, 0.4) is 0 Å². The number of carbonyl (C=O) groups is 2. The number of esters is 1. The number of aryl methyl sites for hydroxylation is 1. The first-order chi connectivity index (χ1) is 13.0. The molecule has 1 amide bonds. The lowest BCUT2D eigenvalue weighted by Gasteiger charge is -2.17. The number of aromatic nitrogens is 3. The second kappa shape index (κ2) is 6.48. The van der Waals surface area contributed by atoms with E-state index in [1.165, 1.54) is 17.7 Å². The van der Waals surface area contributed by atoms with Crippen molar-refractivity contribution in [1.29, 1.82) is 0 Å². The van der Waals surface area contributed by atoms with Crippen LogP contribution in [0.15, 0.2) is 36.4 Å². The zero-order chi connectivity index (χ0) is 19.1. The molecule has 27 heavy (non-hydrogen) atoms. The van der Waals surface area contributed by atoms with E-state index in [-0.39, 0.29) is 11.4 Å². The van der Waals surface area contributed by atoms with Crippen molar-refractivity contribution in [3.8, 4) is 0 Å². The first-order valence-electron chi connectivity index (χ1n) is 8.50. The van der Waals surface area contributed by atoms with Crippen LogP contribution in [0.1, 0.15) is 43.8 Å². The standard InChI is InChI=1S/C19H18N4O4/c1-10-7-14(19(26)27-2)20-16-9-13(22-23(10)16)18(25)21-17-12-6-4-3-5-11(12)8-15(17)24/h3-7,9,15,17,24H,8H2,1-2H3,(H,21,25). The fraction of sp³-hybridized carbons (Fsp3) is 0.263. The molecule has 2 heterocycles. The van der Waals surface area contributed by atoms with Crippen LogP contribution in [0.2, 0.25) is 0 Å². The number of amides is 1. The number of nitrogens with zero attached hydrogens (tertiary/aromatic N) is 3. The van der Waals surface area contributed by atoms with E-state index in [9.17, 15) is 14.7 Å². The van der Waals surface area contributed by atoms with Crippen molar-refractivity contribution >= 4 is 17.5 Å². The molecule has 2 atom stereocenters. The largest absolute Gasteiger partial charge is 0.464 e. The van der Waals surface area contributed by atoms with Gasteiger partial charge in [-0.3, -0.25) is 4.79 Å². The van der Waals surface area contributed by atoms with Gasteiger partial charge in [-0.05, 0) is 24.1 Å². The van der Waals surface area contributed by atoms with Crippen molar-refractivity contribution < 1.29 is 19.4 Å². The normalized spacial score (nSPS) is 18.3. The zero-order valence-electron chi connectivity index (χ0n) is 14.8. The summed E-state index contributed by atoms with van der Waals surface area (Å²) in [6.07, 6.45) is -0.190. The molecule has 8 nitrogen and oxygen atoms in total. The van der Waals surface area contributed by atoms with Crippen LogP contribution < -0.4 is 5.32 Å². The maximum atomic E-state index is 12.7. The summed E-state index contributed by atoms with van der Waals surface area (Å²) in [5.74, 6) is -0.973. The van der Waals surface area contributed by atoms with Crippen LogP contribution in [0.25, 0.3) is 5.65 Å². The molecule has 2 unspecified atom stereocenters. The lowest BCUT2D eigenvalue weighted by Crippen LogP contribution is -2.34. The van der Waals surface area contributed by atoms with Gasteiger partial charge in [0.25, 0.3) is 5.91 Å². The highest BCUT2D eigenvalue weighted by Crippen LogP contribution is 2.31. The molecule has 8 heteroatoms. The van der Waals surface area contributed by atoms with Gasteiger partial charge in [0.1, 0.15) is 0 Å². The van der Waals surface area contributed by atoms with E-state index in [4.69, 9.17) is 4.74 Å². The predicted octanol–water partition coefficient (Wildman–Crippen LogP) is 1.21. The highest BCUT2D eigenvalue weighted by molar-refractivity contribution is 5.94. The first kappa shape index (κ1) is 17.2. The van der Waals surface area contributed by atoms with Crippen molar-refractivity contribution in [3.63, 3.8) is 0 Å².